The lowest BCUT2D eigenvalue weighted by molar-refractivity contribution is -0.131. The highest BCUT2D eigenvalue weighted by Crippen LogP contribution is 2.22. The van der Waals surface area contributed by atoms with Gasteiger partial charge in [0.05, 0.1) is 0 Å². The Morgan fingerprint density at radius 1 is 0.886 bits per heavy atom. The number of phenolic OH excluding ortho intramolecular Hbond substituents is 1. The molecule has 35 heavy (non-hydrogen) atoms. The van der Waals surface area contributed by atoms with Crippen molar-refractivity contribution in [1.82, 2.24) is 16.0 Å². The fraction of sp³-hybridized carbons (Fsp3) is 0.360. The summed E-state index contributed by atoms with van der Waals surface area (Å²) >= 11 is 0. The number of phenols is 1. The molecule has 10 nitrogen and oxygen atoms in total. The molecule has 4 amide bonds. The van der Waals surface area contributed by atoms with Crippen LogP contribution in [0.1, 0.15) is 23.6 Å². The number of aryl methyl sites for hydroxylation is 1. The predicted octanol–water partition coefficient (Wildman–Crippen LogP) is -0.156. The van der Waals surface area contributed by atoms with Crippen LogP contribution in [0.5, 0.6) is 5.75 Å². The van der Waals surface area contributed by atoms with Crippen LogP contribution in [0.15, 0.2) is 48.5 Å². The van der Waals surface area contributed by atoms with Gasteiger partial charge < -0.3 is 31.5 Å². The third kappa shape index (κ3) is 7.28. The molecule has 1 aliphatic heterocycles. The van der Waals surface area contributed by atoms with Gasteiger partial charge in [0.25, 0.3) is 11.8 Å². The Hall–Kier alpha value is -3.92. The highest BCUT2D eigenvalue weighted by atomic mass is 16.6. The van der Waals surface area contributed by atoms with Crippen LogP contribution in [-0.4, -0.2) is 59.6 Å². The van der Waals surface area contributed by atoms with E-state index in [1.807, 2.05) is 31.2 Å². The first kappa shape index (κ1) is 25.7. The van der Waals surface area contributed by atoms with Crippen LogP contribution in [0.2, 0.25) is 0 Å². The van der Waals surface area contributed by atoms with Crippen molar-refractivity contribution < 1.29 is 29.0 Å². The minimum atomic E-state index is -1.04. The largest absolute Gasteiger partial charge is 0.508 e. The number of nitrogens with one attached hydrogen (secondary N) is 3. The van der Waals surface area contributed by atoms with Gasteiger partial charge >= 0.3 is 0 Å². The number of epoxide rings is 1. The number of rotatable bonds is 11. The highest BCUT2D eigenvalue weighted by molar-refractivity contribution is 5.97. The first-order valence-electron chi connectivity index (χ1n) is 11.3. The zero-order valence-corrected chi connectivity index (χ0v) is 19.6. The summed E-state index contributed by atoms with van der Waals surface area (Å²) in [6.45, 7) is 4.09. The maximum Gasteiger partial charge on any atom is 0.253 e. The monoisotopic (exact) mass is 482 g/mol. The van der Waals surface area contributed by atoms with Gasteiger partial charge in [0.15, 0.2) is 12.2 Å². The van der Waals surface area contributed by atoms with Crippen molar-refractivity contribution in [2.75, 3.05) is 6.54 Å². The molecule has 2 unspecified atom stereocenters. The summed E-state index contributed by atoms with van der Waals surface area (Å²) in [5, 5.41) is 17.3. The van der Waals surface area contributed by atoms with Gasteiger partial charge in [0, 0.05) is 19.4 Å². The maximum atomic E-state index is 13.2. The van der Waals surface area contributed by atoms with E-state index in [2.05, 4.69) is 16.0 Å². The number of carbonyl (C=O) groups excluding carboxylic acids is 4. The number of carbonyl (C=O) groups is 4. The Bertz CT molecular complexity index is 1070. The summed E-state index contributed by atoms with van der Waals surface area (Å²) in [4.78, 5) is 49.9. The minimum Gasteiger partial charge on any atom is -0.508 e. The van der Waals surface area contributed by atoms with Crippen LogP contribution in [0.25, 0.3) is 0 Å². The number of amides is 4. The van der Waals surface area contributed by atoms with E-state index in [1.165, 1.54) is 12.1 Å². The number of benzene rings is 2. The lowest BCUT2D eigenvalue weighted by atomic mass is 10.0. The van der Waals surface area contributed by atoms with Crippen LogP contribution in [0.4, 0.5) is 0 Å². The summed E-state index contributed by atoms with van der Waals surface area (Å²) in [6, 6.07) is 11.6. The van der Waals surface area contributed by atoms with Gasteiger partial charge in [-0.25, -0.2) is 0 Å². The first-order valence-corrected chi connectivity index (χ1v) is 11.3. The molecule has 1 aliphatic rings. The van der Waals surface area contributed by atoms with Crippen molar-refractivity contribution in [3.63, 3.8) is 0 Å². The molecule has 0 aliphatic carbocycles. The molecule has 0 bridgehead atoms. The van der Waals surface area contributed by atoms with Crippen LogP contribution in [-0.2, 0) is 36.8 Å². The molecule has 4 atom stereocenters. The molecule has 3 rings (SSSR count). The molecule has 0 aromatic heterocycles. The molecule has 2 aromatic carbocycles. The number of hydrogen-bond donors (Lipinski definition) is 5. The lowest BCUT2D eigenvalue weighted by Crippen LogP contribution is -2.55. The summed E-state index contributed by atoms with van der Waals surface area (Å²) < 4.78 is 5.20. The maximum absolute atomic E-state index is 13.2. The number of aromatic hydroxyl groups is 1. The Balaban J connectivity index is 1.72. The SMILES string of the molecule is CCNC(=O)C1OC1C(=O)N[C@@H](Cc1ccc(C)cc1)C(=O)N[C@@H](Cc1ccc(O)cc1)C(N)=O. The standard InChI is InChI=1S/C25H30N4O6/c1-3-27-24(33)20-21(35-20)25(34)29-19(13-15-6-4-14(2)5-7-15)23(32)28-18(22(26)31)12-16-8-10-17(30)11-9-16/h4-11,18-21,30H,3,12-13H2,1-2H3,(H2,26,31)(H,27,33)(H,28,32)(H,29,34)/t18-,19-,20?,21?/m0/s1. The van der Waals surface area contributed by atoms with Crippen LogP contribution in [0.3, 0.4) is 0 Å². The van der Waals surface area contributed by atoms with Gasteiger partial charge in [0.2, 0.25) is 11.8 Å². The van der Waals surface area contributed by atoms with E-state index < -0.39 is 47.9 Å². The molecule has 1 saturated heterocycles. The highest BCUT2D eigenvalue weighted by Gasteiger charge is 2.50. The normalized spacial score (nSPS) is 18.1. The number of primary amides is 1. The van der Waals surface area contributed by atoms with E-state index >= 15 is 0 Å². The van der Waals surface area contributed by atoms with E-state index in [0.717, 1.165) is 11.1 Å². The second kappa shape index (κ2) is 11.5. The average Bonchev–Trinajstić information content (AvgIpc) is 3.62. The van der Waals surface area contributed by atoms with Gasteiger partial charge in [-0.2, -0.15) is 0 Å². The Kier molecular flexibility index (Phi) is 8.43. The predicted molar refractivity (Wildman–Crippen MR) is 127 cm³/mol. The summed E-state index contributed by atoms with van der Waals surface area (Å²) in [6.07, 6.45) is -1.62. The molecule has 0 radical (unpaired) electrons. The van der Waals surface area contributed by atoms with Crippen molar-refractivity contribution in [1.29, 1.82) is 0 Å². The molecule has 186 valence electrons. The van der Waals surface area contributed by atoms with Gasteiger partial charge in [-0.05, 0) is 37.1 Å². The zero-order valence-electron chi connectivity index (χ0n) is 19.6. The van der Waals surface area contributed by atoms with Gasteiger partial charge in [-0.1, -0.05) is 42.0 Å². The average molecular weight is 483 g/mol. The molecular formula is C25H30N4O6. The summed E-state index contributed by atoms with van der Waals surface area (Å²) in [7, 11) is 0. The number of hydrogen-bond acceptors (Lipinski definition) is 6. The number of likely N-dealkylation sites (N-methyl/N-ethyl adjacent to an activating group) is 1. The van der Waals surface area contributed by atoms with Crippen molar-refractivity contribution in [2.45, 2.75) is 51.0 Å². The number of ether oxygens (including phenoxy) is 1. The lowest BCUT2D eigenvalue weighted by Gasteiger charge is -2.22. The van der Waals surface area contributed by atoms with Gasteiger partial charge in [0.1, 0.15) is 17.8 Å². The molecule has 1 fully saturated rings. The quantitative estimate of drug-likeness (QED) is 0.280. The van der Waals surface area contributed by atoms with E-state index in [4.69, 9.17) is 10.5 Å². The van der Waals surface area contributed by atoms with Crippen molar-refractivity contribution in [3.05, 3.63) is 65.2 Å². The third-order valence-electron chi connectivity index (χ3n) is 5.59. The second-order valence-electron chi connectivity index (χ2n) is 8.46. The fourth-order valence-electron chi connectivity index (χ4n) is 3.57. The van der Waals surface area contributed by atoms with Gasteiger partial charge in [-0.15, -0.1) is 0 Å². The van der Waals surface area contributed by atoms with Crippen molar-refractivity contribution >= 4 is 23.6 Å². The third-order valence-corrected chi connectivity index (χ3v) is 5.59. The number of nitrogens with two attached hydrogens (primary N) is 1. The van der Waals surface area contributed by atoms with Crippen LogP contribution < -0.4 is 21.7 Å². The molecule has 2 aromatic rings. The molecular weight excluding hydrogens is 452 g/mol. The van der Waals surface area contributed by atoms with Crippen molar-refractivity contribution in [2.24, 2.45) is 5.73 Å². The first-order chi connectivity index (χ1) is 16.7. The molecule has 1 heterocycles. The Morgan fingerprint density at radius 2 is 1.43 bits per heavy atom. The topological polar surface area (TPSA) is 163 Å². The van der Waals surface area contributed by atoms with Crippen molar-refractivity contribution in [3.8, 4) is 5.75 Å². The molecule has 0 spiro atoms. The molecule has 10 heteroatoms. The molecule has 0 saturated carbocycles. The van der Waals surface area contributed by atoms with E-state index in [1.54, 1.807) is 19.1 Å². The fourth-order valence-corrected chi connectivity index (χ4v) is 3.57. The summed E-state index contributed by atoms with van der Waals surface area (Å²) in [5.74, 6) is -2.26. The van der Waals surface area contributed by atoms with Crippen LogP contribution in [0, 0.1) is 6.92 Å². The minimum absolute atomic E-state index is 0.0718. The van der Waals surface area contributed by atoms with Crippen LogP contribution >= 0.6 is 0 Å². The second-order valence-corrected chi connectivity index (χ2v) is 8.46. The zero-order chi connectivity index (χ0) is 25.5. The molecule has 6 N–H and O–H groups in total. The summed E-state index contributed by atoms with van der Waals surface area (Å²) in [5.41, 5.74) is 8.03. The van der Waals surface area contributed by atoms with Gasteiger partial charge in [-0.3, -0.25) is 19.2 Å². The van der Waals surface area contributed by atoms with E-state index in [9.17, 15) is 24.3 Å². The van der Waals surface area contributed by atoms with E-state index in [-0.39, 0.29) is 18.6 Å². The Morgan fingerprint density at radius 3 is 2.00 bits per heavy atom. The smallest absolute Gasteiger partial charge is 0.253 e. The van der Waals surface area contributed by atoms with E-state index in [0.29, 0.717) is 12.1 Å². The Labute approximate surface area is 203 Å².